The lowest BCUT2D eigenvalue weighted by Crippen LogP contribution is -2.45. The van der Waals surface area contributed by atoms with Gasteiger partial charge in [0.1, 0.15) is 0 Å². The molecule has 0 spiro atoms. The molecule has 1 saturated heterocycles. The van der Waals surface area contributed by atoms with Crippen molar-refractivity contribution in [1.29, 1.82) is 0 Å². The van der Waals surface area contributed by atoms with Gasteiger partial charge < -0.3 is 5.32 Å². The Morgan fingerprint density at radius 2 is 1.95 bits per heavy atom. The van der Waals surface area contributed by atoms with Gasteiger partial charge in [-0.25, -0.2) is 0 Å². The third kappa shape index (κ3) is 3.95. The number of benzene rings is 1. The Hall–Kier alpha value is -1.13. The Morgan fingerprint density at radius 3 is 2.71 bits per heavy atom. The second-order valence-corrected chi connectivity index (χ2v) is 5.47. The van der Waals surface area contributed by atoms with Gasteiger partial charge in [-0.2, -0.15) is 0 Å². The van der Waals surface area contributed by atoms with E-state index in [1.807, 2.05) is 30.6 Å². The molecule has 2 heterocycles. The number of hydrogen-bond acceptors (Lipinski definition) is 3. The highest BCUT2D eigenvalue weighted by Crippen LogP contribution is 2.25. The predicted octanol–water partition coefficient (Wildman–Crippen LogP) is 3.30. The lowest BCUT2D eigenvalue weighted by atomic mass is 10.0. The molecule has 1 aliphatic heterocycles. The van der Waals surface area contributed by atoms with E-state index in [2.05, 4.69) is 33.4 Å². The number of hydrogen-bond donors (Lipinski definition) is 1. The summed E-state index contributed by atoms with van der Waals surface area (Å²) >= 11 is 6.28. The van der Waals surface area contributed by atoms with Crippen LogP contribution in [-0.4, -0.2) is 29.5 Å². The van der Waals surface area contributed by atoms with Crippen molar-refractivity contribution < 1.29 is 0 Å². The Bertz CT molecular complexity index is 562. The highest BCUT2D eigenvalue weighted by molar-refractivity contribution is 6.31. The molecule has 5 heteroatoms. The van der Waals surface area contributed by atoms with Gasteiger partial charge in [0.15, 0.2) is 0 Å². The minimum absolute atomic E-state index is 0. The SMILES string of the molecule is Cl.Clc1ccccc1CN1CCNCC1c1ccncc1. The van der Waals surface area contributed by atoms with Crippen molar-refractivity contribution >= 4 is 24.0 Å². The molecule has 1 aliphatic rings. The van der Waals surface area contributed by atoms with Crippen molar-refractivity contribution in [2.45, 2.75) is 12.6 Å². The van der Waals surface area contributed by atoms with Crippen LogP contribution in [0.3, 0.4) is 0 Å². The normalized spacial score (nSPS) is 19.0. The molecular weight excluding hydrogens is 305 g/mol. The van der Waals surface area contributed by atoms with E-state index in [0.717, 1.165) is 31.2 Å². The average Bonchev–Trinajstić information content (AvgIpc) is 2.51. The van der Waals surface area contributed by atoms with E-state index in [1.54, 1.807) is 0 Å². The molecular formula is C16H19Cl2N3. The van der Waals surface area contributed by atoms with Crippen LogP contribution >= 0.6 is 24.0 Å². The van der Waals surface area contributed by atoms with E-state index >= 15 is 0 Å². The van der Waals surface area contributed by atoms with Crippen LogP contribution in [0.15, 0.2) is 48.8 Å². The van der Waals surface area contributed by atoms with E-state index in [0.29, 0.717) is 6.04 Å². The molecule has 21 heavy (non-hydrogen) atoms. The highest BCUT2D eigenvalue weighted by Gasteiger charge is 2.24. The van der Waals surface area contributed by atoms with Crippen LogP contribution in [0.4, 0.5) is 0 Å². The lowest BCUT2D eigenvalue weighted by molar-refractivity contribution is 0.153. The second-order valence-electron chi connectivity index (χ2n) is 5.06. The summed E-state index contributed by atoms with van der Waals surface area (Å²) in [5.74, 6) is 0. The van der Waals surface area contributed by atoms with Gasteiger partial charge >= 0.3 is 0 Å². The second kappa shape index (κ2) is 7.76. The maximum atomic E-state index is 6.28. The van der Waals surface area contributed by atoms with Gasteiger partial charge in [0, 0.05) is 49.6 Å². The summed E-state index contributed by atoms with van der Waals surface area (Å²) < 4.78 is 0. The number of pyridine rings is 1. The molecule has 1 unspecified atom stereocenters. The van der Waals surface area contributed by atoms with E-state index in [1.165, 1.54) is 11.1 Å². The van der Waals surface area contributed by atoms with Crippen LogP contribution < -0.4 is 5.32 Å². The number of nitrogens with zero attached hydrogens (tertiary/aromatic N) is 2. The molecule has 1 fully saturated rings. The lowest BCUT2D eigenvalue weighted by Gasteiger charge is -2.36. The maximum absolute atomic E-state index is 6.28. The van der Waals surface area contributed by atoms with Crippen molar-refractivity contribution in [3.63, 3.8) is 0 Å². The zero-order valence-corrected chi connectivity index (χ0v) is 13.3. The molecule has 2 aromatic rings. The summed E-state index contributed by atoms with van der Waals surface area (Å²) in [6, 6.07) is 12.7. The zero-order valence-electron chi connectivity index (χ0n) is 11.7. The molecule has 3 rings (SSSR count). The molecule has 112 valence electrons. The third-order valence-electron chi connectivity index (χ3n) is 3.78. The molecule has 1 N–H and O–H groups in total. The summed E-state index contributed by atoms with van der Waals surface area (Å²) in [6.07, 6.45) is 3.72. The Labute approximate surface area is 136 Å². The van der Waals surface area contributed by atoms with Crippen LogP contribution in [0, 0.1) is 0 Å². The van der Waals surface area contributed by atoms with Crippen LogP contribution in [-0.2, 0) is 6.54 Å². The van der Waals surface area contributed by atoms with Crippen LogP contribution in [0.25, 0.3) is 0 Å². The van der Waals surface area contributed by atoms with E-state index in [9.17, 15) is 0 Å². The fraction of sp³-hybridized carbons (Fsp3) is 0.312. The van der Waals surface area contributed by atoms with E-state index in [4.69, 9.17) is 11.6 Å². The van der Waals surface area contributed by atoms with Crippen molar-refractivity contribution in [2.24, 2.45) is 0 Å². The first-order valence-electron chi connectivity index (χ1n) is 6.92. The number of piperazine rings is 1. The molecule has 1 aromatic heterocycles. The first kappa shape index (κ1) is 16.2. The standard InChI is InChI=1S/C16H18ClN3.ClH/c17-15-4-2-1-3-14(15)12-20-10-9-19-11-16(20)13-5-7-18-8-6-13;/h1-8,16,19H,9-12H2;1H. The molecule has 0 bridgehead atoms. The number of aromatic nitrogens is 1. The Balaban J connectivity index is 0.00000161. The van der Waals surface area contributed by atoms with Gasteiger partial charge in [-0.05, 0) is 29.3 Å². The molecule has 1 atom stereocenters. The molecule has 0 radical (unpaired) electrons. The van der Waals surface area contributed by atoms with Crippen LogP contribution in [0.2, 0.25) is 5.02 Å². The predicted molar refractivity (Wildman–Crippen MR) is 89.0 cm³/mol. The summed E-state index contributed by atoms with van der Waals surface area (Å²) in [6.45, 7) is 3.90. The molecule has 0 aliphatic carbocycles. The molecule has 3 nitrogen and oxygen atoms in total. The molecule has 0 amide bonds. The molecule has 1 aromatic carbocycles. The quantitative estimate of drug-likeness (QED) is 0.939. The summed E-state index contributed by atoms with van der Waals surface area (Å²) in [5.41, 5.74) is 2.49. The third-order valence-corrected chi connectivity index (χ3v) is 4.15. The van der Waals surface area contributed by atoms with Crippen molar-refractivity contribution in [3.05, 3.63) is 64.9 Å². The maximum Gasteiger partial charge on any atom is 0.0477 e. The van der Waals surface area contributed by atoms with E-state index < -0.39 is 0 Å². The minimum atomic E-state index is 0. The molecule has 0 saturated carbocycles. The van der Waals surface area contributed by atoms with Gasteiger partial charge in [-0.1, -0.05) is 29.8 Å². The topological polar surface area (TPSA) is 28.2 Å². The van der Waals surface area contributed by atoms with Gasteiger partial charge in [0.25, 0.3) is 0 Å². The first-order chi connectivity index (χ1) is 9.84. The van der Waals surface area contributed by atoms with Gasteiger partial charge in [0.05, 0.1) is 0 Å². The first-order valence-corrected chi connectivity index (χ1v) is 7.30. The highest BCUT2D eigenvalue weighted by atomic mass is 35.5. The van der Waals surface area contributed by atoms with Crippen molar-refractivity contribution in [1.82, 2.24) is 15.2 Å². The Kier molecular flexibility index (Phi) is 6.00. The van der Waals surface area contributed by atoms with Crippen LogP contribution in [0.1, 0.15) is 17.2 Å². The average molecular weight is 324 g/mol. The number of rotatable bonds is 3. The smallest absolute Gasteiger partial charge is 0.0477 e. The van der Waals surface area contributed by atoms with Crippen molar-refractivity contribution in [3.8, 4) is 0 Å². The zero-order chi connectivity index (χ0) is 13.8. The number of nitrogens with one attached hydrogen (secondary N) is 1. The minimum Gasteiger partial charge on any atom is -0.314 e. The summed E-state index contributed by atoms with van der Waals surface area (Å²) in [5, 5.41) is 4.32. The van der Waals surface area contributed by atoms with E-state index in [-0.39, 0.29) is 12.4 Å². The fourth-order valence-corrected chi connectivity index (χ4v) is 2.89. The van der Waals surface area contributed by atoms with Crippen LogP contribution in [0.5, 0.6) is 0 Å². The summed E-state index contributed by atoms with van der Waals surface area (Å²) in [7, 11) is 0. The fourth-order valence-electron chi connectivity index (χ4n) is 2.70. The van der Waals surface area contributed by atoms with Gasteiger partial charge in [-0.15, -0.1) is 12.4 Å². The number of halogens is 2. The van der Waals surface area contributed by atoms with Gasteiger partial charge in [-0.3, -0.25) is 9.88 Å². The summed E-state index contributed by atoms with van der Waals surface area (Å²) in [4.78, 5) is 6.58. The van der Waals surface area contributed by atoms with Crippen molar-refractivity contribution in [2.75, 3.05) is 19.6 Å². The largest absolute Gasteiger partial charge is 0.314 e. The monoisotopic (exact) mass is 323 g/mol. The Morgan fingerprint density at radius 1 is 1.19 bits per heavy atom. The van der Waals surface area contributed by atoms with Gasteiger partial charge in [0.2, 0.25) is 0 Å².